The van der Waals surface area contributed by atoms with Gasteiger partial charge in [-0.3, -0.25) is 4.79 Å². The molecule has 0 N–H and O–H groups in total. The Hall–Kier alpha value is -1.31. The number of hydrogen-bond acceptors (Lipinski definition) is 2. The van der Waals surface area contributed by atoms with Gasteiger partial charge in [-0.25, -0.2) is 0 Å². The van der Waals surface area contributed by atoms with E-state index in [0.717, 1.165) is 25.0 Å². The van der Waals surface area contributed by atoms with Crippen LogP contribution in [0.2, 0.25) is 0 Å². The number of ketones is 1. The number of fused-ring (bicyclic) bond motifs is 3. The van der Waals surface area contributed by atoms with Crippen molar-refractivity contribution in [2.45, 2.75) is 51.9 Å². The molecule has 2 heteroatoms. The summed E-state index contributed by atoms with van der Waals surface area (Å²) >= 11 is 0. The molecule has 1 aromatic carbocycles. The molecule has 0 aromatic heterocycles. The summed E-state index contributed by atoms with van der Waals surface area (Å²) in [6.45, 7) is 6.63. The maximum Gasteiger partial charge on any atom is 0.138 e. The van der Waals surface area contributed by atoms with Crippen LogP contribution in [0, 0.1) is 11.3 Å². The Balaban J connectivity index is 2.13. The smallest absolute Gasteiger partial charge is 0.138 e. The Morgan fingerprint density at radius 3 is 2.65 bits per heavy atom. The van der Waals surface area contributed by atoms with Gasteiger partial charge in [0, 0.05) is 11.8 Å². The van der Waals surface area contributed by atoms with E-state index >= 15 is 0 Å². The van der Waals surface area contributed by atoms with Gasteiger partial charge < -0.3 is 4.74 Å². The second kappa shape index (κ2) is 4.34. The van der Waals surface area contributed by atoms with Crippen LogP contribution in [0.1, 0.15) is 51.2 Å². The van der Waals surface area contributed by atoms with Gasteiger partial charge in [-0.2, -0.15) is 0 Å². The first kappa shape index (κ1) is 13.7. The fourth-order valence-electron chi connectivity index (χ4n) is 4.59. The van der Waals surface area contributed by atoms with Gasteiger partial charge in [-0.05, 0) is 53.9 Å². The van der Waals surface area contributed by atoms with Crippen molar-refractivity contribution in [2.75, 3.05) is 7.11 Å². The average molecular weight is 272 g/mol. The molecule has 2 aliphatic rings. The average Bonchev–Trinajstić information content (AvgIpc) is 2.43. The van der Waals surface area contributed by atoms with Crippen LogP contribution in [0.5, 0.6) is 5.75 Å². The van der Waals surface area contributed by atoms with E-state index < -0.39 is 0 Å². The lowest BCUT2D eigenvalue weighted by Gasteiger charge is -2.53. The summed E-state index contributed by atoms with van der Waals surface area (Å²) in [5.41, 5.74) is 2.76. The molecule has 2 nitrogen and oxygen atoms in total. The van der Waals surface area contributed by atoms with Gasteiger partial charge >= 0.3 is 0 Å². The summed E-state index contributed by atoms with van der Waals surface area (Å²) < 4.78 is 5.41. The van der Waals surface area contributed by atoms with Crippen molar-refractivity contribution in [3.8, 4) is 5.75 Å². The SMILES string of the molecule is COc1ccc2c(c1)[C@]1(C)CCC(=O)C(C)(C)[C@@H]1CC2. The zero-order valence-electron chi connectivity index (χ0n) is 13.0. The van der Waals surface area contributed by atoms with Gasteiger partial charge in [-0.1, -0.05) is 26.8 Å². The molecule has 0 amide bonds. The number of carbonyl (C=O) groups excluding carboxylic acids is 1. The van der Waals surface area contributed by atoms with Crippen LogP contribution in [0.15, 0.2) is 18.2 Å². The fourth-order valence-corrected chi connectivity index (χ4v) is 4.59. The van der Waals surface area contributed by atoms with Crippen molar-refractivity contribution in [1.29, 1.82) is 0 Å². The number of aryl methyl sites for hydroxylation is 1. The predicted octanol–water partition coefficient (Wildman–Crippen LogP) is 3.90. The van der Waals surface area contributed by atoms with E-state index in [2.05, 4.69) is 39.0 Å². The van der Waals surface area contributed by atoms with E-state index in [0.29, 0.717) is 18.1 Å². The maximum absolute atomic E-state index is 12.3. The predicted molar refractivity (Wildman–Crippen MR) is 80.2 cm³/mol. The summed E-state index contributed by atoms with van der Waals surface area (Å²) in [5.74, 6) is 1.81. The van der Waals surface area contributed by atoms with E-state index in [1.54, 1.807) is 7.11 Å². The Kier molecular flexibility index (Phi) is 2.97. The molecule has 0 bridgehead atoms. The molecular weight excluding hydrogens is 248 g/mol. The van der Waals surface area contributed by atoms with Gasteiger partial charge in [0.1, 0.15) is 11.5 Å². The molecule has 2 atom stereocenters. The molecule has 20 heavy (non-hydrogen) atoms. The number of ether oxygens (including phenoxy) is 1. The molecule has 0 saturated heterocycles. The monoisotopic (exact) mass is 272 g/mol. The van der Waals surface area contributed by atoms with Crippen molar-refractivity contribution in [2.24, 2.45) is 11.3 Å². The second-order valence-corrected chi connectivity index (χ2v) is 7.18. The highest BCUT2D eigenvalue weighted by Crippen LogP contribution is 2.56. The number of rotatable bonds is 1. The Labute approximate surface area is 121 Å². The van der Waals surface area contributed by atoms with Crippen LogP contribution < -0.4 is 4.74 Å². The first-order valence-electron chi connectivity index (χ1n) is 7.60. The van der Waals surface area contributed by atoms with Crippen LogP contribution in [0.3, 0.4) is 0 Å². The van der Waals surface area contributed by atoms with E-state index in [1.807, 2.05) is 0 Å². The quantitative estimate of drug-likeness (QED) is 0.775. The van der Waals surface area contributed by atoms with Crippen molar-refractivity contribution >= 4 is 5.78 Å². The highest BCUT2D eigenvalue weighted by atomic mass is 16.5. The molecule has 1 saturated carbocycles. The summed E-state index contributed by atoms with van der Waals surface area (Å²) in [5, 5.41) is 0. The third-order valence-corrected chi connectivity index (χ3v) is 5.86. The molecule has 0 heterocycles. The molecule has 0 aliphatic heterocycles. The zero-order chi connectivity index (χ0) is 14.5. The minimum Gasteiger partial charge on any atom is -0.497 e. The van der Waals surface area contributed by atoms with E-state index in [-0.39, 0.29) is 10.8 Å². The molecule has 108 valence electrons. The molecule has 2 aliphatic carbocycles. The number of Topliss-reactive ketones (excluding diaryl/α,β-unsaturated/α-hetero) is 1. The number of carbonyl (C=O) groups is 1. The first-order valence-corrected chi connectivity index (χ1v) is 7.60. The molecule has 0 unspecified atom stereocenters. The lowest BCUT2D eigenvalue weighted by molar-refractivity contribution is -0.137. The molecule has 1 fully saturated rings. The normalized spacial score (nSPS) is 31.4. The highest BCUT2D eigenvalue weighted by Gasteiger charge is 2.53. The van der Waals surface area contributed by atoms with E-state index in [9.17, 15) is 4.79 Å². The number of methoxy groups -OCH3 is 1. The van der Waals surface area contributed by atoms with Crippen LogP contribution in [0.25, 0.3) is 0 Å². The molecule has 0 radical (unpaired) electrons. The Morgan fingerprint density at radius 1 is 1.20 bits per heavy atom. The maximum atomic E-state index is 12.3. The zero-order valence-corrected chi connectivity index (χ0v) is 13.0. The van der Waals surface area contributed by atoms with Gasteiger partial charge in [0.25, 0.3) is 0 Å². The van der Waals surface area contributed by atoms with Crippen LogP contribution in [-0.2, 0) is 16.6 Å². The van der Waals surface area contributed by atoms with Crippen LogP contribution in [-0.4, -0.2) is 12.9 Å². The summed E-state index contributed by atoms with van der Waals surface area (Å²) in [6.07, 6.45) is 3.88. The second-order valence-electron chi connectivity index (χ2n) is 7.18. The van der Waals surface area contributed by atoms with E-state index in [4.69, 9.17) is 4.74 Å². The minimum atomic E-state index is -0.201. The number of benzene rings is 1. The van der Waals surface area contributed by atoms with Crippen molar-refractivity contribution < 1.29 is 9.53 Å². The first-order chi connectivity index (χ1) is 9.39. The highest BCUT2D eigenvalue weighted by molar-refractivity contribution is 5.86. The van der Waals surface area contributed by atoms with Gasteiger partial charge in [0.15, 0.2) is 0 Å². The van der Waals surface area contributed by atoms with Crippen molar-refractivity contribution in [3.05, 3.63) is 29.3 Å². The fraction of sp³-hybridized carbons (Fsp3) is 0.611. The largest absolute Gasteiger partial charge is 0.497 e. The lowest BCUT2D eigenvalue weighted by Crippen LogP contribution is -2.52. The molecule has 1 aromatic rings. The topological polar surface area (TPSA) is 26.3 Å². The Morgan fingerprint density at radius 2 is 1.95 bits per heavy atom. The van der Waals surface area contributed by atoms with Gasteiger partial charge in [0.2, 0.25) is 0 Å². The summed E-state index contributed by atoms with van der Waals surface area (Å²) in [4.78, 5) is 12.3. The third kappa shape index (κ3) is 1.73. The summed E-state index contributed by atoms with van der Waals surface area (Å²) in [6, 6.07) is 6.47. The minimum absolute atomic E-state index is 0.111. The molecular formula is C18H24O2. The lowest BCUT2D eigenvalue weighted by atomic mass is 9.50. The van der Waals surface area contributed by atoms with E-state index in [1.165, 1.54) is 11.1 Å². The van der Waals surface area contributed by atoms with Gasteiger partial charge in [-0.15, -0.1) is 0 Å². The molecule has 0 spiro atoms. The Bertz CT molecular complexity index is 559. The van der Waals surface area contributed by atoms with Crippen LogP contribution in [0.4, 0.5) is 0 Å². The van der Waals surface area contributed by atoms with Gasteiger partial charge in [0.05, 0.1) is 7.11 Å². The van der Waals surface area contributed by atoms with Crippen molar-refractivity contribution in [3.63, 3.8) is 0 Å². The third-order valence-electron chi connectivity index (χ3n) is 5.86. The number of hydrogen-bond donors (Lipinski definition) is 0. The van der Waals surface area contributed by atoms with Crippen molar-refractivity contribution in [1.82, 2.24) is 0 Å². The summed E-state index contributed by atoms with van der Waals surface area (Å²) in [7, 11) is 1.72. The molecule has 3 rings (SSSR count). The standard InChI is InChI=1S/C18H24O2/c1-17(2)15-8-6-12-5-7-13(20-4)11-14(12)18(15,3)10-9-16(17)19/h5,7,11,15H,6,8-10H2,1-4H3/t15-,18-/m0/s1. The van der Waals surface area contributed by atoms with Crippen LogP contribution >= 0.6 is 0 Å².